The van der Waals surface area contributed by atoms with Gasteiger partial charge < -0.3 is 15.6 Å². The molecule has 4 aromatic rings. The normalized spacial score (nSPS) is 14.3. The van der Waals surface area contributed by atoms with Crippen molar-refractivity contribution in [2.24, 2.45) is 0 Å². The molecule has 0 spiro atoms. The van der Waals surface area contributed by atoms with Crippen LogP contribution in [0.2, 0.25) is 5.02 Å². The summed E-state index contributed by atoms with van der Waals surface area (Å²) in [6, 6.07) is 8.21. The Balaban J connectivity index is 0.00000205. The predicted molar refractivity (Wildman–Crippen MR) is 114 cm³/mol. The van der Waals surface area contributed by atoms with Gasteiger partial charge in [0.05, 0.1) is 22.3 Å². The molecule has 3 heterocycles. The van der Waals surface area contributed by atoms with E-state index in [0.717, 1.165) is 29.1 Å². The van der Waals surface area contributed by atoms with Crippen LogP contribution in [0.1, 0.15) is 16.8 Å². The van der Waals surface area contributed by atoms with Crippen LogP contribution < -0.4 is 10.6 Å². The Labute approximate surface area is 178 Å². The van der Waals surface area contributed by atoms with E-state index in [1.165, 1.54) is 16.9 Å². The number of nitrogens with one attached hydrogen (secondary N) is 1. The van der Waals surface area contributed by atoms with Gasteiger partial charge in [-0.3, -0.25) is 0 Å². The van der Waals surface area contributed by atoms with E-state index in [1.807, 2.05) is 23.1 Å². The maximum atomic E-state index is 13.4. The number of nitrogens with two attached hydrogens (primary N) is 1. The summed E-state index contributed by atoms with van der Waals surface area (Å²) in [5, 5.41) is 2.34. The van der Waals surface area contributed by atoms with Gasteiger partial charge in [-0.1, -0.05) is 22.9 Å². The van der Waals surface area contributed by atoms with Gasteiger partial charge >= 0.3 is 6.18 Å². The minimum absolute atomic E-state index is 0. The zero-order chi connectivity index (χ0) is 19.6. The number of rotatable bonds is 1. The highest BCUT2D eigenvalue weighted by molar-refractivity contribution is 7.22. The maximum Gasteiger partial charge on any atom is 0.418 e. The first-order chi connectivity index (χ1) is 13.3. The number of hydrogen-bond donors (Lipinski definition) is 2. The van der Waals surface area contributed by atoms with Gasteiger partial charge in [0.2, 0.25) is 0 Å². The Morgan fingerprint density at radius 1 is 1.21 bits per heavy atom. The predicted octanol–water partition coefficient (Wildman–Crippen LogP) is 6.02. The van der Waals surface area contributed by atoms with E-state index in [-0.39, 0.29) is 23.6 Å². The summed E-state index contributed by atoms with van der Waals surface area (Å²) in [5.41, 5.74) is 8.18. The van der Waals surface area contributed by atoms with Crippen molar-refractivity contribution >= 4 is 67.3 Å². The van der Waals surface area contributed by atoms with Crippen LogP contribution in [0.3, 0.4) is 0 Å². The highest BCUT2D eigenvalue weighted by Gasteiger charge is 2.35. The lowest BCUT2D eigenvalue weighted by molar-refractivity contribution is -0.136. The Morgan fingerprint density at radius 3 is 2.76 bits per heavy atom. The van der Waals surface area contributed by atoms with E-state index in [1.54, 1.807) is 6.07 Å². The molecule has 152 valence electrons. The second-order valence-corrected chi connectivity index (χ2v) is 8.30. The first-order valence-electron chi connectivity index (χ1n) is 8.61. The van der Waals surface area contributed by atoms with Crippen LogP contribution in [0.4, 0.5) is 24.0 Å². The second-order valence-electron chi connectivity index (χ2n) is 6.85. The molecule has 0 unspecified atom stereocenters. The smallest absolute Gasteiger partial charge is 0.399 e. The fourth-order valence-corrected chi connectivity index (χ4v) is 5.00. The number of aromatic amines is 1. The highest BCUT2D eigenvalue weighted by atomic mass is 35.5. The van der Waals surface area contributed by atoms with Crippen LogP contribution in [0.25, 0.3) is 21.1 Å². The van der Waals surface area contributed by atoms with Gasteiger partial charge in [-0.15, -0.1) is 12.4 Å². The molecular formula is C19H15Cl2F3N4S. The first-order valence-corrected chi connectivity index (χ1v) is 9.80. The van der Waals surface area contributed by atoms with Gasteiger partial charge in [0.1, 0.15) is 0 Å². The van der Waals surface area contributed by atoms with Crippen LogP contribution in [0.5, 0.6) is 0 Å². The number of fused-ring (bicyclic) bond motifs is 4. The van der Waals surface area contributed by atoms with Crippen molar-refractivity contribution in [3.05, 3.63) is 52.2 Å². The van der Waals surface area contributed by atoms with Gasteiger partial charge in [0, 0.05) is 33.9 Å². The van der Waals surface area contributed by atoms with Crippen molar-refractivity contribution in [2.45, 2.75) is 19.1 Å². The topological polar surface area (TPSA) is 57.9 Å². The van der Waals surface area contributed by atoms with Crippen LogP contribution in [0.15, 0.2) is 30.3 Å². The maximum absolute atomic E-state index is 13.4. The molecule has 0 saturated carbocycles. The van der Waals surface area contributed by atoms with Crippen molar-refractivity contribution in [1.82, 2.24) is 9.97 Å². The summed E-state index contributed by atoms with van der Waals surface area (Å²) in [6.45, 7) is 1.22. The summed E-state index contributed by atoms with van der Waals surface area (Å²) < 4.78 is 40.6. The summed E-state index contributed by atoms with van der Waals surface area (Å²) in [5.74, 6) is 0. The summed E-state index contributed by atoms with van der Waals surface area (Å²) >= 11 is 7.35. The average Bonchev–Trinajstić information content (AvgIpc) is 3.20. The van der Waals surface area contributed by atoms with E-state index in [9.17, 15) is 13.2 Å². The van der Waals surface area contributed by atoms with Gasteiger partial charge in [0.25, 0.3) is 0 Å². The number of anilines is 2. The molecule has 1 aliphatic rings. The molecule has 0 amide bonds. The zero-order valence-corrected chi connectivity index (χ0v) is 17.2. The molecule has 4 nitrogen and oxygen atoms in total. The molecule has 0 radical (unpaired) electrons. The fourth-order valence-electron chi connectivity index (χ4n) is 3.77. The third kappa shape index (κ3) is 3.39. The van der Waals surface area contributed by atoms with E-state index in [4.69, 9.17) is 17.3 Å². The lowest BCUT2D eigenvalue weighted by Gasteiger charge is -2.26. The SMILES string of the molecule is Cl.Nc1cc(C(F)(F)F)c2nc(N3CCc4c([nH]c5ccc(Cl)cc45)C3)sc2c1. The van der Waals surface area contributed by atoms with Crippen molar-refractivity contribution in [1.29, 1.82) is 0 Å². The number of halogens is 5. The van der Waals surface area contributed by atoms with Gasteiger partial charge in [-0.05, 0) is 42.3 Å². The minimum atomic E-state index is -4.50. The van der Waals surface area contributed by atoms with E-state index >= 15 is 0 Å². The van der Waals surface area contributed by atoms with Crippen molar-refractivity contribution in [2.75, 3.05) is 17.2 Å². The quantitative estimate of drug-likeness (QED) is 0.343. The van der Waals surface area contributed by atoms with Crippen LogP contribution in [-0.2, 0) is 19.1 Å². The standard InChI is InChI=1S/C19H14ClF3N4S.ClH/c20-9-1-2-14-12(5-9)11-3-4-27(8-15(11)25-14)18-26-17-13(19(21,22)23)6-10(24)7-16(17)28-18;/h1-2,5-7,25H,3-4,8,24H2;1H. The van der Waals surface area contributed by atoms with Crippen molar-refractivity contribution < 1.29 is 13.2 Å². The third-order valence-corrected chi connectivity index (χ3v) is 6.32. The Morgan fingerprint density at radius 2 is 2.00 bits per heavy atom. The van der Waals surface area contributed by atoms with E-state index in [0.29, 0.717) is 27.9 Å². The summed E-state index contributed by atoms with van der Waals surface area (Å²) in [6.07, 6.45) is -3.73. The minimum Gasteiger partial charge on any atom is -0.399 e. The van der Waals surface area contributed by atoms with Crippen molar-refractivity contribution in [3.63, 3.8) is 0 Å². The van der Waals surface area contributed by atoms with E-state index in [2.05, 4.69) is 9.97 Å². The highest BCUT2D eigenvalue weighted by Crippen LogP contribution is 2.41. The average molecular weight is 459 g/mol. The van der Waals surface area contributed by atoms with Crippen LogP contribution in [0, 0.1) is 0 Å². The number of nitrogen functional groups attached to an aromatic ring is 1. The van der Waals surface area contributed by atoms with Crippen LogP contribution >= 0.6 is 35.3 Å². The molecule has 29 heavy (non-hydrogen) atoms. The molecule has 0 aliphatic carbocycles. The number of nitrogens with zero attached hydrogens (tertiary/aromatic N) is 2. The van der Waals surface area contributed by atoms with Crippen molar-refractivity contribution in [3.8, 4) is 0 Å². The fraction of sp³-hybridized carbons (Fsp3) is 0.211. The number of benzene rings is 2. The number of aromatic nitrogens is 2. The Bertz CT molecular complexity index is 1230. The molecule has 0 bridgehead atoms. The second kappa shape index (κ2) is 6.97. The molecule has 0 atom stereocenters. The molecule has 0 fully saturated rings. The third-order valence-electron chi connectivity index (χ3n) is 5.02. The zero-order valence-electron chi connectivity index (χ0n) is 14.8. The lowest BCUT2D eigenvalue weighted by Crippen LogP contribution is -2.30. The largest absolute Gasteiger partial charge is 0.418 e. The molecule has 3 N–H and O–H groups in total. The molecule has 5 rings (SSSR count). The molecule has 0 saturated heterocycles. The summed E-state index contributed by atoms with van der Waals surface area (Å²) in [7, 11) is 0. The molecular weight excluding hydrogens is 444 g/mol. The Kier molecular flexibility index (Phi) is 4.83. The van der Waals surface area contributed by atoms with Gasteiger partial charge in [-0.2, -0.15) is 13.2 Å². The molecule has 2 aromatic carbocycles. The molecule has 2 aromatic heterocycles. The Hall–Kier alpha value is -2.16. The number of alkyl halides is 3. The van der Waals surface area contributed by atoms with Gasteiger partial charge in [0.15, 0.2) is 5.13 Å². The number of H-pyrrole nitrogens is 1. The lowest BCUT2D eigenvalue weighted by atomic mass is 10.0. The van der Waals surface area contributed by atoms with E-state index < -0.39 is 11.7 Å². The molecule has 1 aliphatic heterocycles. The molecule has 10 heteroatoms. The van der Waals surface area contributed by atoms with Crippen LogP contribution in [-0.4, -0.2) is 16.5 Å². The summed E-state index contributed by atoms with van der Waals surface area (Å²) in [4.78, 5) is 9.72. The first kappa shape index (κ1) is 20.1. The number of hydrogen-bond acceptors (Lipinski definition) is 4. The van der Waals surface area contributed by atoms with Gasteiger partial charge in [-0.25, -0.2) is 4.98 Å². The monoisotopic (exact) mass is 458 g/mol. The number of thiazole rings is 1.